The highest BCUT2D eigenvalue weighted by Gasteiger charge is 2.31. The van der Waals surface area contributed by atoms with Crippen LogP contribution in [0.15, 0.2) is 12.1 Å². The van der Waals surface area contributed by atoms with Gasteiger partial charge in [-0.25, -0.2) is 0 Å². The summed E-state index contributed by atoms with van der Waals surface area (Å²) >= 11 is 0. The molecule has 19 heavy (non-hydrogen) atoms. The van der Waals surface area contributed by atoms with Crippen LogP contribution in [0.25, 0.3) is 0 Å². The molecule has 0 radical (unpaired) electrons. The van der Waals surface area contributed by atoms with Gasteiger partial charge in [0, 0.05) is 5.56 Å². The third-order valence-corrected chi connectivity index (χ3v) is 3.02. The van der Waals surface area contributed by atoms with Crippen LogP contribution in [0.2, 0.25) is 0 Å². The minimum absolute atomic E-state index is 0.284. The summed E-state index contributed by atoms with van der Waals surface area (Å²) in [5, 5.41) is 9.24. The Hall–Kier alpha value is -1.91. The van der Waals surface area contributed by atoms with E-state index in [1.165, 1.54) is 14.2 Å². The van der Waals surface area contributed by atoms with E-state index < -0.39 is 11.4 Å². The maximum absolute atomic E-state index is 11.3. The van der Waals surface area contributed by atoms with E-state index in [0.717, 1.165) is 0 Å². The Morgan fingerprint density at radius 1 is 1.11 bits per heavy atom. The average Bonchev–Trinajstić information content (AvgIpc) is 2.37. The van der Waals surface area contributed by atoms with E-state index in [1.54, 1.807) is 33.1 Å². The van der Waals surface area contributed by atoms with Crippen LogP contribution in [0.3, 0.4) is 0 Å². The van der Waals surface area contributed by atoms with Crippen LogP contribution in [0.5, 0.6) is 17.2 Å². The molecule has 0 fully saturated rings. The van der Waals surface area contributed by atoms with Crippen molar-refractivity contribution in [1.82, 2.24) is 0 Å². The highest BCUT2D eigenvalue weighted by atomic mass is 16.5. The second kappa shape index (κ2) is 5.82. The van der Waals surface area contributed by atoms with E-state index in [4.69, 9.17) is 14.2 Å². The molecule has 0 amide bonds. The first-order valence-electron chi connectivity index (χ1n) is 5.88. The van der Waals surface area contributed by atoms with Crippen LogP contribution in [0.4, 0.5) is 0 Å². The number of methoxy groups -OCH3 is 3. The molecular weight excluding hydrogens is 248 g/mol. The van der Waals surface area contributed by atoms with E-state index in [9.17, 15) is 9.90 Å². The quantitative estimate of drug-likeness (QED) is 0.858. The molecule has 5 heteroatoms. The van der Waals surface area contributed by atoms with Gasteiger partial charge in [0.1, 0.15) is 5.75 Å². The molecule has 1 aromatic rings. The SMILES string of the molecule is COc1ccc(OC)c(OC)c1CC(C)(C)C(=O)O. The molecule has 0 saturated carbocycles. The molecule has 1 rings (SSSR count). The molecule has 0 aliphatic heterocycles. The molecule has 1 N–H and O–H groups in total. The molecule has 0 heterocycles. The van der Waals surface area contributed by atoms with Crippen LogP contribution in [-0.2, 0) is 11.2 Å². The van der Waals surface area contributed by atoms with Crippen molar-refractivity contribution in [3.63, 3.8) is 0 Å². The lowest BCUT2D eigenvalue weighted by Gasteiger charge is -2.23. The number of carbonyl (C=O) groups is 1. The molecule has 0 saturated heterocycles. The van der Waals surface area contributed by atoms with Gasteiger partial charge in [0.25, 0.3) is 0 Å². The summed E-state index contributed by atoms with van der Waals surface area (Å²) in [6.07, 6.45) is 0.284. The molecule has 0 bridgehead atoms. The monoisotopic (exact) mass is 268 g/mol. The number of carboxylic acids is 1. The normalized spacial score (nSPS) is 11.0. The predicted molar refractivity (Wildman–Crippen MR) is 71.2 cm³/mol. The van der Waals surface area contributed by atoms with Gasteiger partial charge in [0.15, 0.2) is 11.5 Å². The van der Waals surface area contributed by atoms with Gasteiger partial charge in [-0.3, -0.25) is 4.79 Å². The van der Waals surface area contributed by atoms with Crippen molar-refractivity contribution in [2.24, 2.45) is 5.41 Å². The summed E-state index contributed by atoms with van der Waals surface area (Å²) in [5.41, 5.74) is -0.232. The molecule has 106 valence electrons. The molecule has 5 nitrogen and oxygen atoms in total. The summed E-state index contributed by atoms with van der Waals surface area (Å²) in [5.74, 6) is 0.780. The Labute approximate surface area is 113 Å². The summed E-state index contributed by atoms with van der Waals surface area (Å²) in [6.45, 7) is 3.32. The fourth-order valence-corrected chi connectivity index (χ4v) is 1.85. The predicted octanol–water partition coefficient (Wildman–Crippen LogP) is 2.37. The molecule has 0 unspecified atom stereocenters. The number of rotatable bonds is 6. The first kappa shape index (κ1) is 15.1. The maximum Gasteiger partial charge on any atom is 0.309 e. The Balaban J connectivity index is 3.34. The number of ether oxygens (including phenoxy) is 3. The third kappa shape index (κ3) is 3.10. The second-order valence-corrected chi connectivity index (χ2v) is 4.85. The second-order valence-electron chi connectivity index (χ2n) is 4.85. The van der Waals surface area contributed by atoms with E-state index in [-0.39, 0.29) is 6.42 Å². The van der Waals surface area contributed by atoms with Gasteiger partial charge in [-0.05, 0) is 32.4 Å². The molecule has 0 spiro atoms. The third-order valence-electron chi connectivity index (χ3n) is 3.02. The van der Waals surface area contributed by atoms with Gasteiger partial charge >= 0.3 is 5.97 Å². The smallest absolute Gasteiger partial charge is 0.309 e. The van der Waals surface area contributed by atoms with Crippen molar-refractivity contribution in [2.45, 2.75) is 20.3 Å². The van der Waals surface area contributed by atoms with Crippen molar-refractivity contribution >= 4 is 5.97 Å². The van der Waals surface area contributed by atoms with Gasteiger partial charge < -0.3 is 19.3 Å². The minimum atomic E-state index is -0.924. The number of carboxylic acid groups (broad SMARTS) is 1. The number of hydrogen-bond donors (Lipinski definition) is 1. The minimum Gasteiger partial charge on any atom is -0.496 e. The summed E-state index contributed by atoms with van der Waals surface area (Å²) in [4.78, 5) is 11.3. The summed E-state index contributed by atoms with van der Waals surface area (Å²) in [7, 11) is 4.60. The zero-order valence-electron chi connectivity index (χ0n) is 11.9. The highest BCUT2D eigenvalue weighted by Crippen LogP contribution is 2.40. The number of hydrogen-bond acceptors (Lipinski definition) is 4. The summed E-state index contributed by atoms with van der Waals surface area (Å²) < 4.78 is 15.8. The highest BCUT2D eigenvalue weighted by molar-refractivity contribution is 5.74. The van der Waals surface area contributed by atoms with Crippen molar-refractivity contribution in [3.05, 3.63) is 17.7 Å². The largest absolute Gasteiger partial charge is 0.496 e. The molecule has 0 atom stereocenters. The summed E-state index contributed by atoms with van der Waals surface area (Å²) in [6, 6.07) is 3.48. The number of benzene rings is 1. The van der Waals surface area contributed by atoms with Gasteiger partial charge in [-0.1, -0.05) is 0 Å². The van der Waals surface area contributed by atoms with E-state index in [0.29, 0.717) is 22.8 Å². The lowest BCUT2D eigenvalue weighted by atomic mass is 9.85. The van der Waals surface area contributed by atoms with Gasteiger partial charge in [0.05, 0.1) is 26.7 Å². The standard InChI is InChI=1S/C14H20O5/c1-14(2,13(15)16)8-9-10(17-3)6-7-11(18-4)12(9)19-5/h6-7H,8H2,1-5H3,(H,15,16). The van der Waals surface area contributed by atoms with Gasteiger partial charge in [0.2, 0.25) is 0 Å². The molecule has 1 aromatic carbocycles. The molecule has 0 aliphatic carbocycles. The fraction of sp³-hybridized carbons (Fsp3) is 0.500. The molecular formula is C14H20O5. The van der Waals surface area contributed by atoms with Crippen LogP contribution < -0.4 is 14.2 Å². The van der Waals surface area contributed by atoms with Crippen LogP contribution >= 0.6 is 0 Å². The van der Waals surface area contributed by atoms with E-state index in [1.807, 2.05) is 0 Å². The first-order valence-corrected chi connectivity index (χ1v) is 5.88. The van der Waals surface area contributed by atoms with Crippen molar-refractivity contribution in [3.8, 4) is 17.2 Å². The van der Waals surface area contributed by atoms with Crippen molar-refractivity contribution in [2.75, 3.05) is 21.3 Å². The average molecular weight is 268 g/mol. The van der Waals surface area contributed by atoms with Gasteiger partial charge in [-0.15, -0.1) is 0 Å². The Morgan fingerprint density at radius 3 is 2.05 bits per heavy atom. The molecule has 0 aliphatic rings. The topological polar surface area (TPSA) is 65.0 Å². The van der Waals surface area contributed by atoms with Crippen LogP contribution in [0, 0.1) is 5.41 Å². The van der Waals surface area contributed by atoms with E-state index in [2.05, 4.69) is 0 Å². The van der Waals surface area contributed by atoms with Gasteiger partial charge in [-0.2, -0.15) is 0 Å². The zero-order chi connectivity index (χ0) is 14.6. The lowest BCUT2D eigenvalue weighted by Crippen LogP contribution is -2.26. The fourth-order valence-electron chi connectivity index (χ4n) is 1.85. The Morgan fingerprint density at radius 2 is 1.63 bits per heavy atom. The zero-order valence-corrected chi connectivity index (χ0v) is 11.9. The van der Waals surface area contributed by atoms with E-state index >= 15 is 0 Å². The number of aliphatic carboxylic acids is 1. The van der Waals surface area contributed by atoms with Crippen LogP contribution in [0.1, 0.15) is 19.4 Å². The first-order chi connectivity index (χ1) is 8.87. The Bertz CT molecular complexity index is 465. The van der Waals surface area contributed by atoms with Crippen molar-refractivity contribution < 1.29 is 24.1 Å². The lowest BCUT2D eigenvalue weighted by molar-refractivity contribution is -0.146. The molecule has 0 aromatic heterocycles. The van der Waals surface area contributed by atoms with Crippen LogP contribution in [-0.4, -0.2) is 32.4 Å². The Kier molecular flexibility index (Phi) is 4.64. The van der Waals surface area contributed by atoms with Crippen molar-refractivity contribution in [1.29, 1.82) is 0 Å². The maximum atomic E-state index is 11.3.